The lowest BCUT2D eigenvalue weighted by Crippen LogP contribution is -2.47. The topological polar surface area (TPSA) is 176 Å². The summed E-state index contributed by atoms with van der Waals surface area (Å²) in [5, 5.41) is 5.36. The number of alkyl halides is 2. The first-order chi connectivity index (χ1) is 22.0. The van der Waals surface area contributed by atoms with E-state index in [2.05, 4.69) is 38.3 Å². The van der Waals surface area contributed by atoms with E-state index in [0.29, 0.717) is 30.5 Å². The summed E-state index contributed by atoms with van der Waals surface area (Å²) in [6.45, 7) is 12.1. The number of Topliss-reactive ketones (excluding diaryl/α,β-unsaturated/α-hetero) is 1. The third-order valence-corrected chi connectivity index (χ3v) is 7.53. The molecule has 13 heteroatoms. The van der Waals surface area contributed by atoms with Crippen molar-refractivity contribution in [3.63, 3.8) is 0 Å². The molecule has 0 fully saturated rings. The van der Waals surface area contributed by atoms with Crippen LogP contribution in [0.2, 0.25) is 0 Å². The van der Waals surface area contributed by atoms with Gasteiger partial charge in [-0.3, -0.25) is 18.9 Å². The van der Waals surface area contributed by atoms with Gasteiger partial charge in [0.25, 0.3) is 5.91 Å². The van der Waals surface area contributed by atoms with E-state index >= 15 is 0 Å². The number of carbonyl (C=O) groups is 4. The standard InChI is InChI=1S/C28H36F2N3O7P.2C3H8/c1-3-19-7-11-21(12-8-19)26(36)32-15-5-4-6-24(25(31)35)33-27(37)22(16-18(2)34)17-20-9-13-23(14-10-20)28(29,30)41(38,39)40;2*1-3-2/h7-14,22,24H,3-6,15-17H2,1-2H3,(H2,31,35)(H,32,36)(H,33,37)(H2,38,39,40);2*3H2,1-2H3. The minimum Gasteiger partial charge on any atom is -0.368 e. The quantitative estimate of drug-likeness (QED) is 0.106. The van der Waals surface area contributed by atoms with Gasteiger partial charge in [-0.2, -0.15) is 8.78 Å². The summed E-state index contributed by atoms with van der Waals surface area (Å²) in [6, 6.07) is 10.3. The van der Waals surface area contributed by atoms with Crippen LogP contribution < -0.4 is 16.4 Å². The van der Waals surface area contributed by atoms with Crippen LogP contribution >= 0.6 is 7.60 Å². The van der Waals surface area contributed by atoms with Crippen LogP contribution in [0.15, 0.2) is 48.5 Å². The Morgan fingerprint density at radius 2 is 1.38 bits per heavy atom. The molecule has 3 amide bonds. The normalized spacial score (nSPS) is 12.3. The van der Waals surface area contributed by atoms with Crippen molar-refractivity contribution in [2.45, 2.75) is 105 Å². The number of nitrogens with one attached hydrogen (secondary N) is 2. The summed E-state index contributed by atoms with van der Waals surface area (Å²) in [5.74, 6) is -2.88. The van der Waals surface area contributed by atoms with Crippen LogP contribution in [0, 0.1) is 5.92 Å². The molecule has 47 heavy (non-hydrogen) atoms. The summed E-state index contributed by atoms with van der Waals surface area (Å²) < 4.78 is 39.0. The van der Waals surface area contributed by atoms with Crippen LogP contribution in [0.5, 0.6) is 0 Å². The van der Waals surface area contributed by atoms with Crippen molar-refractivity contribution >= 4 is 31.1 Å². The lowest BCUT2D eigenvalue weighted by molar-refractivity contribution is -0.132. The van der Waals surface area contributed by atoms with Gasteiger partial charge in [0.2, 0.25) is 11.8 Å². The highest BCUT2D eigenvalue weighted by Crippen LogP contribution is 2.59. The Labute approximate surface area is 277 Å². The van der Waals surface area contributed by atoms with Gasteiger partial charge in [-0.05, 0) is 62.3 Å². The van der Waals surface area contributed by atoms with E-state index in [0.717, 1.165) is 24.1 Å². The zero-order valence-corrected chi connectivity index (χ0v) is 29.2. The maximum absolute atomic E-state index is 13.9. The van der Waals surface area contributed by atoms with E-state index in [4.69, 9.17) is 15.5 Å². The number of aryl methyl sites for hydroxylation is 1. The first-order valence-electron chi connectivity index (χ1n) is 16.0. The monoisotopic (exact) mass is 683 g/mol. The van der Waals surface area contributed by atoms with E-state index in [9.17, 15) is 32.5 Å². The zero-order chi connectivity index (χ0) is 36.2. The fourth-order valence-electron chi connectivity index (χ4n) is 4.14. The number of rotatable bonds is 16. The number of unbranched alkanes of at least 4 members (excludes halogenated alkanes) is 1. The molecule has 0 aliphatic heterocycles. The Kier molecular flexibility index (Phi) is 20.5. The van der Waals surface area contributed by atoms with Crippen molar-refractivity contribution in [2.75, 3.05) is 6.54 Å². The molecule has 264 valence electrons. The van der Waals surface area contributed by atoms with Crippen molar-refractivity contribution in [3.05, 3.63) is 70.8 Å². The number of amides is 3. The van der Waals surface area contributed by atoms with E-state index < -0.39 is 42.6 Å². The summed E-state index contributed by atoms with van der Waals surface area (Å²) in [5.41, 5.74) is 2.23. The predicted octanol–water partition coefficient (Wildman–Crippen LogP) is 6.02. The molecule has 0 bridgehead atoms. The molecule has 0 heterocycles. The van der Waals surface area contributed by atoms with Gasteiger partial charge in [-0.25, -0.2) is 0 Å². The van der Waals surface area contributed by atoms with Gasteiger partial charge in [0.05, 0.1) is 0 Å². The molecule has 2 aromatic rings. The third-order valence-electron chi connectivity index (χ3n) is 6.54. The number of carbonyl (C=O) groups excluding carboxylic acids is 4. The first-order valence-corrected chi connectivity index (χ1v) is 17.6. The second-order valence-electron chi connectivity index (χ2n) is 11.3. The van der Waals surface area contributed by atoms with Gasteiger partial charge in [0.15, 0.2) is 0 Å². The molecule has 0 saturated carbocycles. The Morgan fingerprint density at radius 1 is 0.872 bits per heavy atom. The molecule has 0 saturated heterocycles. The minimum atomic E-state index is -5.74. The van der Waals surface area contributed by atoms with Gasteiger partial charge in [0.1, 0.15) is 11.8 Å². The average Bonchev–Trinajstić information content (AvgIpc) is 3.00. The third kappa shape index (κ3) is 16.3. The molecule has 2 atom stereocenters. The largest absolute Gasteiger partial charge is 0.399 e. The number of hydrogen-bond donors (Lipinski definition) is 5. The van der Waals surface area contributed by atoms with Gasteiger partial charge in [-0.15, -0.1) is 0 Å². The number of ketones is 1. The summed E-state index contributed by atoms with van der Waals surface area (Å²) >= 11 is 0. The Morgan fingerprint density at radius 3 is 1.83 bits per heavy atom. The van der Waals surface area contributed by atoms with Gasteiger partial charge >= 0.3 is 13.3 Å². The Bertz CT molecular complexity index is 1300. The van der Waals surface area contributed by atoms with Crippen molar-refractivity contribution in [2.24, 2.45) is 11.7 Å². The number of hydrogen-bond acceptors (Lipinski definition) is 5. The van der Waals surface area contributed by atoms with Crippen LogP contribution in [0.4, 0.5) is 8.78 Å². The summed E-state index contributed by atoms with van der Waals surface area (Å²) in [4.78, 5) is 66.9. The highest BCUT2D eigenvalue weighted by atomic mass is 31.2. The van der Waals surface area contributed by atoms with Gasteiger partial charge in [0, 0.05) is 30.0 Å². The fourth-order valence-corrected chi connectivity index (χ4v) is 4.63. The molecule has 6 N–H and O–H groups in total. The van der Waals surface area contributed by atoms with Crippen LogP contribution in [0.25, 0.3) is 0 Å². The van der Waals surface area contributed by atoms with Crippen molar-refractivity contribution in [1.82, 2.24) is 10.6 Å². The SMILES string of the molecule is CCC.CCC.CCc1ccc(C(=O)NCCCCC(NC(=O)C(CC(C)=O)Cc2ccc(C(F)(F)P(=O)(O)O)cc2)C(N)=O)cc1. The van der Waals surface area contributed by atoms with Crippen molar-refractivity contribution in [1.29, 1.82) is 0 Å². The maximum atomic E-state index is 13.9. The number of halogens is 2. The molecule has 2 aromatic carbocycles. The zero-order valence-electron chi connectivity index (χ0n) is 28.4. The van der Waals surface area contributed by atoms with Gasteiger partial charge < -0.3 is 30.9 Å². The predicted molar refractivity (Wildman–Crippen MR) is 180 cm³/mol. The molecule has 0 radical (unpaired) electrons. The first kappa shape index (κ1) is 43.5. The van der Waals surface area contributed by atoms with E-state index in [1.54, 1.807) is 12.1 Å². The van der Waals surface area contributed by atoms with E-state index in [1.165, 1.54) is 31.9 Å². The van der Waals surface area contributed by atoms with E-state index in [1.807, 2.05) is 19.1 Å². The van der Waals surface area contributed by atoms with Crippen LogP contribution in [0.1, 0.15) is 107 Å². The molecule has 0 aromatic heterocycles. The molecule has 2 unspecified atom stereocenters. The lowest BCUT2D eigenvalue weighted by Gasteiger charge is -2.21. The minimum absolute atomic E-state index is 0.0517. The lowest BCUT2D eigenvalue weighted by atomic mass is 9.92. The molecule has 10 nitrogen and oxygen atoms in total. The molecular weight excluding hydrogens is 631 g/mol. The van der Waals surface area contributed by atoms with Crippen LogP contribution in [-0.2, 0) is 37.5 Å². The highest BCUT2D eigenvalue weighted by Gasteiger charge is 2.50. The molecule has 0 aliphatic carbocycles. The molecule has 0 aliphatic rings. The second-order valence-corrected chi connectivity index (χ2v) is 12.9. The Hall–Kier alpha value is -3.47. The van der Waals surface area contributed by atoms with E-state index in [-0.39, 0.29) is 31.0 Å². The Balaban J connectivity index is 0.00000326. The molecular formula is C34H52F2N3O7P. The average molecular weight is 684 g/mol. The number of nitrogens with two attached hydrogens (primary N) is 1. The number of benzene rings is 2. The maximum Gasteiger partial charge on any atom is 0.399 e. The van der Waals surface area contributed by atoms with Crippen molar-refractivity contribution in [3.8, 4) is 0 Å². The van der Waals surface area contributed by atoms with Gasteiger partial charge in [-0.1, -0.05) is 83.9 Å². The number of primary amides is 1. The fraction of sp³-hybridized carbons (Fsp3) is 0.529. The second kappa shape index (κ2) is 22.2. The van der Waals surface area contributed by atoms with Crippen LogP contribution in [0.3, 0.4) is 0 Å². The van der Waals surface area contributed by atoms with Crippen molar-refractivity contribution < 1.29 is 42.3 Å². The van der Waals surface area contributed by atoms with Crippen LogP contribution in [-0.4, -0.2) is 45.9 Å². The smallest absolute Gasteiger partial charge is 0.368 e. The molecule has 0 spiro atoms. The summed E-state index contributed by atoms with van der Waals surface area (Å²) in [6.07, 6.45) is 4.29. The molecule has 2 rings (SSSR count). The summed E-state index contributed by atoms with van der Waals surface area (Å²) in [7, 11) is -5.74. The highest BCUT2D eigenvalue weighted by molar-refractivity contribution is 7.52.